The zero-order valence-corrected chi connectivity index (χ0v) is 18.6. The first-order chi connectivity index (χ1) is 15.1. The average Bonchev–Trinajstić information content (AvgIpc) is 2.98. The molecule has 0 saturated carbocycles. The van der Waals surface area contributed by atoms with Gasteiger partial charge in [0.1, 0.15) is 11.5 Å². The summed E-state index contributed by atoms with van der Waals surface area (Å²) >= 11 is 0. The average molecular weight is 429 g/mol. The minimum absolute atomic E-state index is 0.0486. The molecular formula is C27H25FN2O2. The highest BCUT2D eigenvalue weighted by Gasteiger charge is 2.40. The van der Waals surface area contributed by atoms with Gasteiger partial charge in [-0.05, 0) is 53.8 Å². The van der Waals surface area contributed by atoms with E-state index in [1.54, 1.807) is 24.3 Å². The Hall–Kier alpha value is -3.73. The van der Waals surface area contributed by atoms with Crippen molar-refractivity contribution in [1.82, 2.24) is 0 Å². The van der Waals surface area contributed by atoms with Crippen molar-refractivity contribution in [3.8, 4) is 0 Å². The molecule has 1 aliphatic rings. The van der Waals surface area contributed by atoms with Gasteiger partial charge in [-0.15, -0.1) is 0 Å². The third-order valence-corrected chi connectivity index (χ3v) is 5.51. The summed E-state index contributed by atoms with van der Waals surface area (Å²) < 4.78 is 13.7. The number of carbonyl (C=O) groups excluding carboxylic acids is 2. The number of hydrogen-bond acceptors (Lipinski definition) is 3. The lowest BCUT2D eigenvalue weighted by atomic mass is 9.87. The molecule has 0 fully saturated rings. The van der Waals surface area contributed by atoms with E-state index in [-0.39, 0.29) is 16.7 Å². The first kappa shape index (κ1) is 21.5. The van der Waals surface area contributed by atoms with E-state index < -0.39 is 17.6 Å². The molecule has 1 aliphatic heterocycles. The van der Waals surface area contributed by atoms with Crippen LogP contribution in [0.25, 0.3) is 5.57 Å². The minimum atomic E-state index is -0.474. The number of benzene rings is 3. The summed E-state index contributed by atoms with van der Waals surface area (Å²) in [4.78, 5) is 28.1. The van der Waals surface area contributed by atoms with Gasteiger partial charge in [0.15, 0.2) is 0 Å². The summed E-state index contributed by atoms with van der Waals surface area (Å²) in [6, 6.07) is 20.7. The second kappa shape index (κ2) is 8.08. The Morgan fingerprint density at radius 3 is 2.09 bits per heavy atom. The number of nitrogens with one attached hydrogen (secondary N) is 1. The van der Waals surface area contributed by atoms with Gasteiger partial charge >= 0.3 is 0 Å². The van der Waals surface area contributed by atoms with E-state index in [0.29, 0.717) is 16.9 Å². The largest absolute Gasteiger partial charge is 0.350 e. The minimum Gasteiger partial charge on any atom is -0.350 e. The van der Waals surface area contributed by atoms with Crippen LogP contribution in [0.2, 0.25) is 0 Å². The van der Waals surface area contributed by atoms with Gasteiger partial charge in [0.2, 0.25) is 0 Å². The topological polar surface area (TPSA) is 49.4 Å². The van der Waals surface area contributed by atoms with Crippen molar-refractivity contribution in [2.75, 3.05) is 10.2 Å². The van der Waals surface area contributed by atoms with Gasteiger partial charge in [-0.25, -0.2) is 9.29 Å². The highest BCUT2D eigenvalue weighted by Crippen LogP contribution is 2.35. The number of rotatable bonds is 4. The van der Waals surface area contributed by atoms with E-state index in [9.17, 15) is 14.0 Å². The van der Waals surface area contributed by atoms with E-state index in [2.05, 4.69) is 26.1 Å². The second-order valence-electron chi connectivity index (χ2n) is 8.99. The molecule has 0 bridgehead atoms. The molecule has 0 atom stereocenters. The SMILES string of the molecule is Cc1ccc(C2=C(Nc3cccc(F)c3)C(=O)N(c3ccc(C(C)(C)C)cc3)C2=O)cc1. The molecule has 1 heterocycles. The lowest BCUT2D eigenvalue weighted by Crippen LogP contribution is -2.32. The van der Waals surface area contributed by atoms with Gasteiger partial charge in [-0.3, -0.25) is 9.59 Å². The van der Waals surface area contributed by atoms with E-state index in [4.69, 9.17) is 0 Å². The molecule has 162 valence electrons. The monoisotopic (exact) mass is 428 g/mol. The highest BCUT2D eigenvalue weighted by atomic mass is 19.1. The van der Waals surface area contributed by atoms with Crippen LogP contribution in [0.3, 0.4) is 0 Å². The fourth-order valence-electron chi connectivity index (χ4n) is 3.69. The van der Waals surface area contributed by atoms with Crippen molar-refractivity contribution < 1.29 is 14.0 Å². The predicted molar refractivity (Wildman–Crippen MR) is 126 cm³/mol. The first-order valence-electron chi connectivity index (χ1n) is 10.5. The molecule has 0 aromatic heterocycles. The Morgan fingerprint density at radius 1 is 0.844 bits per heavy atom. The van der Waals surface area contributed by atoms with Crippen LogP contribution in [0.4, 0.5) is 15.8 Å². The zero-order valence-electron chi connectivity index (χ0n) is 18.6. The Morgan fingerprint density at radius 2 is 1.50 bits per heavy atom. The zero-order chi connectivity index (χ0) is 23.0. The second-order valence-corrected chi connectivity index (χ2v) is 8.99. The first-order valence-corrected chi connectivity index (χ1v) is 10.5. The molecule has 1 N–H and O–H groups in total. The number of anilines is 2. The van der Waals surface area contributed by atoms with Crippen molar-refractivity contribution in [2.24, 2.45) is 0 Å². The Labute approximate surface area is 187 Å². The molecule has 32 heavy (non-hydrogen) atoms. The third kappa shape index (κ3) is 4.06. The summed E-state index contributed by atoms with van der Waals surface area (Å²) in [5, 5.41) is 2.99. The van der Waals surface area contributed by atoms with Gasteiger partial charge in [0.05, 0.1) is 11.3 Å². The number of hydrogen-bond donors (Lipinski definition) is 1. The van der Waals surface area contributed by atoms with Crippen LogP contribution in [0.5, 0.6) is 0 Å². The molecule has 3 aromatic carbocycles. The molecule has 0 spiro atoms. The maximum Gasteiger partial charge on any atom is 0.282 e. The summed E-state index contributed by atoms with van der Waals surface area (Å²) in [6.45, 7) is 8.26. The van der Waals surface area contributed by atoms with E-state index in [1.807, 2.05) is 43.3 Å². The standard InChI is InChI=1S/C27H25FN2O2/c1-17-8-10-18(11-9-17)23-24(29-21-7-5-6-20(28)16-21)26(32)30(25(23)31)22-14-12-19(13-15-22)27(2,3)4/h5-16,29H,1-4H3. The highest BCUT2D eigenvalue weighted by molar-refractivity contribution is 6.46. The fourth-order valence-corrected chi connectivity index (χ4v) is 3.69. The lowest BCUT2D eigenvalue weighted by molar-refractivity contribution is -0.120. The number of halogens is 1. The molecule has 3 aromatic rings. The predicted octanol–water partition coefficient (Wildman–Crippen LogP) is 5.83. The summed E-state index contributed by atoms with van der Waals surface area (Å²) in [7, 11) is 0. The van der Waals surface area contributed by atoms with Crippen LogP contribution in [-0.4, -0.2) is 11.8 Å². The van der Waals surface area contributed by atoms with E-state index >= 15 is 0 Å². The van der Waals surface area contributed by atoms with Crippen LogP contribution in [0, 0.1) is 12.7 Å². The number of imide groups is 1. The third-order valence-electron chi connectivity index (χ3n) is 5.51. The normalized spacial score (nSPS) is 14.3. The van der Waals surface area contributed by atoms with E-state index in [0.717, 1.165) is 11.1 Å². The van der Waals surface area contributed by atoms with Crippen LogP contribution >= 0.6 is 0 Å². The van der Waals surface area contributed by atoms with Crippen LogP contribution in [-0.2, 0) is 15.0 Å². The number of nitrogens with zero attached hydrogens (tertiary/aromatic N) is 1. The van der Waals surface area contributed by atoms with Gasteiger partial charge in [-0.1, -0.05) is 68.8 Å². The summed E-state index contributed by atoms with van der Waals surface area (Å²) in [5.74, 6) is -1.32. The summed E-state index contributed by atoms with van der Waals surface area (Å²) in [5.41, 5.74) is 4.01. The van der Waals surface area contributed by atoms with Crippen LogP contribution in [0.15, 0.2) is 78.5 Å². The van der Waals surface area contributed by atoms with Crippen molar-refractivity contribution in [3.63, 3.8) is 0 Å². The Kier molecular flexibility index (Phi) is 5.43. The van der Waals surface area contributed by atoms with Gasteiger partial charge in [0.25, 0.3) is 11.8 Å². The number of amides is 2. The molecule has 0 saturated heterocycles. The number of carbonyl (C=O) groups is 2. The van der Waals surface area contributed by atoms with Gasteiger partial charge < -0.3 is 5.32 Å². The van der Waals surface area contributed by atoms with Crippen molar-refractivity contribution in [1.29, 1.82) is 0 Å². The molecule has 4 rings (SSSR count). The van der Waals surface area contributed by atoms with E-state index in [1.165, 1.54) is 17.0 Å². The quantitative estimate of drug-likeness (QED) is 0.532. The number of aryl methyl sites for hydroxylation is 1. The smallest absolute Gasteiger partial charge is 0.282 e. The molecule has 0 radical (unpaired) electrons. The van der Waals surface area contributed by atoms with Crippen LogP contribution in [0.1, 0.15) is 37.5 Å². The van der Waals surface area contributed by atoms with Gasteiger partial charge in [-0.2, -0.15) is 0 Å². The van der Waals surface area contributed by atoms with Crippen molar-refractivity contribution >= 4 is 28.8 Å². The fraction of sp³-hybridized carbons (Fsp3) is 0.185. The lowest BCUT2D eigenvalue weighted by Gasteiger charge is -2.21. The molecular weight excluding hydrogens is 403 g/mol. The van der Waals surface area contributed by atoms with Crippen molar-refractivity contribution in [2.45, 2.75) is 33.1 Å². The molecule has 4 nitrogen and oxygen atoms in total. The molecule has 0 unspecified atom stereocenters. The maximum absolute atomic E-state index is 13.7. The van der Waals surface area contributed by atoms with Gasteiger partial charge in [0, 0.05) is 5.69 Å². The molecule has 2 amide bonds. The molecule has 5 heteroatoms. The molecule has 0 aliphatic carbocycles. The maximum atomic E-state index is 13.7. The summed E-state index contributed by atoms with van der Waals surface area (Å²) in [6.07, 6.45) is 0. The van der Waals surface area contributed by atoms with Crippen LogP contribution < -0.4 is 10.2 Å². The Bertz CT molecular complexity index is 1220. The Balaban J connectivity index is 1.78. The van der Waals surface area contributed by atoms with Crippen molar-refractivity contribution in [3.05, 3.63) is 101 Å².